The Morgan fingerprint density at radius 1 is 1.18 bits per heavy atom. The van der Waals surface area contributed by atoms with Gasteiger partial charge in [0.2, 0.25) is 0 Å². The summed E-state index contributed by atoms with van der Waals surface area (Å²) in [6.07, 6.45) is 3.27. The molecule has 0 atom stereocenters. The molecule has 1 aliphatic rings. The molecule has 0 aliphatic carbocycles. The van der Waals surface area contributed by atoms with Crippen molar-refractivity contribution in [2.45, 2.75) is 25.8 Å². The van der Waals surface area contributed by atoms with Crippen molar-refractivity contribution in [1.29, 1.82) is 0 Å². The van der Waals surface area contributed by atoms with E-state index in [9.17, 15) is 4.39 Å². The van der Waals surface area contributed by atoms with Crippen LogP contribution in [0.25, 0.3) is 0 Å². The third-order valence-corrected chi connectivity index (χ3v) is 3.56. The summed E-state index contributed by atoms with van der Waals surface area (Å²) in [4.78, 5) is 2.40. The lowest BCUT2D eigenvalue weighted by Gasteiger charge is -2.31. The highest BCUT2D eigenvalue weighted by molar-refractivity contribution is 5.15. The summed E-state index contributed by atoms with van der Waals surface area (Å²) in [5, 5.41) is 8.90. The molecule has 0 unspecified atom stereocenters. The molecule has 1 heterocycles. The van der Waals surface area contributed by atoms with Crippen molar-refractivity contribution in [2.75, 3.05) is 19.7 Å². The van der Waals surface area contributed by atoms with Gasteiger partial charge in [-0.2, -0.15) is 0 Å². The van der Waals surface area contributed by atoms with Gasteiger partial charge in [0.05, 0.1) is 0 Å². The number of piperidine rings is 1. The van der Waals surface area contributed by atoms with Gasteiger partial charge in [-0.25, -0.2) is 4.39 Å². The number of hydrogen-bond donors (Lipinski definition) is 1. The summed E-state index contributed by atoms with van der Waals surface area (Å²) in [7, 11) is 0. The third kappa shape index (κ3) is 3.79. The number of halogens is 1. The van der Waals surface area contributed by atoms with Gasteiger partial charge in [-0.3, -0.25) is 4.90 Å². The van der Waals surface area contributed by atoms with E-state index in [1.54, 1.807) is 0 Å². The van der Waals surface area contributed by atoms with E-state index in [1.807, 2.05) is 12.1 Å². The summed E-state index contributed by atoms with van der Waals surface area (Å²) in [5.74, 6) is 0.514. The van der Waals surface area contributed by atoms with Crippen LogP contribution in [0.1, 0.15) is 24.8 Å². The molecule has 0 aromatic heterocycles. The third-order valence-electron chi connectivity index (χ3n) is 3.56. The first-order chi connectivity index (χ1) is 8.28. The summed E-state index contributed by atoms with van der Waals surface area (Å²) >= 11 is 0. The van der Waals surface area contributed by atoms with Crippen LogP contribution >= 0.6 is 0 Å². The highest BCUT2D eigenvalue weighted by Gasteiger charge is 2.18. The minimum absolute atomic E-state index is 0.171. The molecule has 2 rings (SSSR count). The topological polar surface area (TPSA) is 23.5 Å². The van der Waals surface area contributed by atoms with E-state index >= 15 is 0 Å². The predicted octanol–water partition coefficient (Wildman–Crippen LogP) is 2.42. The Bertz CT molecular complexity index is 331. The number of rotatable bonds is 4. The van der Waals surface area contributed by atoms with Gasteiger partial charge >= 0.3 is 0 Å². The molecular formula is C14H20FNO. The van der Waals surface area contributed by atoms with Gasteiger partial charge in [0.15, 0.2) is 0 Å². The SMILES string of the molecule is OCCC1CCN(Cc2ccc(F)cc2)CC1. The van der Waals surface area contributed by atoms with Gasteiger partial charge in [0.1, 0.15) is 5.82 Å². The van der Waals surface area contributed by atoms with Crippen molar-refractivity contribution >= 4 is 0 Å². The Kier molecular flexibility index (Phi) is 4.51. The molecule has 1 N–H and O–H groups in total. The maximum absolute atomic E-state index is 12.8. The Balaban J connectivity index is 1.79. The maximum Gasteiger partial charge on any atom is 0.123 e. The van der Waals surface area contributed by atoms with Crippen LogP contribution < -0.4 is 0 Å². The lowest BCUT2D eigenvalue weighted by atomic mass is 9.94. The van der Waals surface area contributed by atoms with Gasteiger partial charge < -0.3 is 5.11 Å². The molecule has 1 fully saturated rings. The average molecular weight is 237 g/mol. The smallest absolute Gasteiger partial charge is 0.123 e. The molecule has 0 bridgehead atoms. The molecule has 0 amide bonds. The second-order valence-corrected chi connectivity index (χ2v) is 4.86. The summed E-state index contributed by atoms with van der Waals surface area (Å²) in [6.45, 7) is 3.39. The minimum Gasteiger partial charge on any atom is -0.396 e. The average Bonchev–Trinajstić information content (AvgIpc) is 2.35. The number of likely N-dealkylation sites (tertiary alicyclic amines) is 1. The van der Waals surface area contributed by atoms with Crippen molar-refractivity contribution in [1.82, 2.24) is 4.90 Å². The van der Waals surface area contributed by atoms with Gasteiger partial charge in [-0.15, -0.1) is 0 Å². The molecule has 0 saturated carbocycles. The normalized spacial score (nSPS) is 18.5. The fourth-order valence-corrected chi connectivity index (χ4v) is 2.46. The lowest BCUT2D eigenvalue weighted by Crippen LogP contribution is -2.33. The van der Waals surface area contributed by atoms with Gasteiger partial charge in [-0.1, -0.05) is 12.1 Å². The first-order valence-corrected chi connectivity index (χ1v) is 6.35. The molecule has 94 valence electrons. The number of hydrogen-bond acceptors (Lipinski definition) is 2. The van der Waals surface area contributed by atoms with Gasteiger partial charge in [0.25, 0.3) is 0 Å². The van der Waals surface area contributed by atoms with E-state index < -0.39 is 0 Å². The maximum atomic E-state index is 12.8. The van der Waals surface area contributed by atoms with Crippen molar-refractivity contribution in [3.63, 3.8) is 0 Å². The molecule has 2 nitrogen and oxygen atoms in total. The lowest BCUT2D eigenvalue weighted by molar-refractivity contribution is 0.153. The predicted molar refractivity (Wildman–Crippen MR) is 66.1 cm³/mol. The molecule has 1 aromatic rings. The Hall–Kier alpha value is -0.930. The molecule has 0 spiro atoms. The van der Waals surface area contributed by atoms with Gasteiger partial charge in [-0.05, 0) is 56.0 Å². The molecule has 17 heavy (non-hydrogen) atoms. The van der Waals surface area contributed by atoms with Crippen LogP contribution in [0.4, 0.5) is 4.39 Å². The zero-order valence-electron chi connectivity index (χ0n) is 10.1. The largest absolute Gasteiger partial charge is 0.396 e. The molecule has 3 heteroatoms. The zero-order valence-corrected chi connectivity index (χ0v) is 10.1. The number of aliphatic hydroxyl groups excluding tert-OH is 1. The van der Waals surface area contributed by atoms with Crippen molar-refractivity contribution in [3.05, 3.63) is 35.6 Å². The molecule has 0 radical (unpaired) electrons. The van der Waals surface area contributed by atoms with Crippen LogP contribution in [0.2, 0.25) is 0 Å². The minimum atomic E-state index is -0.171. The van der Waals surface area contributed by atoms with Crippen molar-refractivity contribution in [3.8, 4) is 0 Å². The van der Waals surface area contributed by atoms with Crippen molar-refractivity contribution < 1.29 is 9.50 Å². The zero-order chi connectivity index (χ0) is 12.1. The highest BCUT2D eigenvalue weighted by Crippen LogP contribution is 2.21. The first kappa shape index (κ1) is 12.5. The Morgan fingerprint density at radius 2 is 1.82 bits per heavy atom. The summed E-state index contributed by atoms with van der Waals surface area (Å²) in [5.41, 5.74) is 1.17. The second-order valence-electron chi connectivity index (χ2n) is 4.86. The number of nitrogens with zero attached hydrogens (tertiary/aromatic N) is 1. The van der Waals surface area contributed by atoms with E-state index in [0.29, 0.717) is 12.5 Å². The second kappa shape index (κ2) is 6.12. The van der Waals surface area contributed by atoms with Crippen LogP contribution in [0.15, 0.2) is 24.3 Å². The number of benzene rings is 1. The van der Waals surface area contributed by atoms with E-state index in [0.717, 1.165) is 26.1 Å². The van der Waals surface area contributed by atoms with Crippen LogP contribution in [0.5, 0.6) is 0 Å². The Labute approximate surface area is 102 Å². The highest BCUT2D eigenvalue weighted by atomic mass is 19.1. The van der Waals surface area contributed by atoms with Crippen LogP contribution in [-0.4, -0.2) is 29.7 Å². The fraction of sp³-hybridized carbons (Fsp3) is 0.571. The summed E-state index contributed by atoms with van der Waals surface area (Å²) < 4.78 is 12.8. The standard InChI is InChI=1S/C14H20FNO/c15-14-3-1-13(2-4-14)11-16-8-5-12(6-9-16)7-10-17/h1-4,12,17H,5-11H2. The van der Waals surface area contributed by atoms with E-state index in [1.165, 1.54) is 30.5 Å². The quantitative estimate of drug-likeness (QED) is 0.869. The van der Waals surface area contributed by atoms with Crippen molar-refractivity contribution in [2.24, 2.45) is 5.92 Å². The van der Waals surface area contributed by atoms with Crippen LogP contribution in [0, 0.1) is 11.7 Å². The van der Waals surface area contributed by atoms with Gasteiger partial charge in [0, 0.05) is 13.2 Å². The van der Waals surface area contributed by atoms with Crippen LogP contribution in [0.3, 0.4) is 0 Å². The van der Waals surface area contributed by atoms with Crippen LogP contribution in [-0.2, 0) is 6.54 Å². The monoisotopic (exact) mass is 237 g/mol. The molecule has 1 aliphatic heterocycles. The first-order valence-electron chi connectivity index (χ1n) is 6.35. The van der Waals surface area contributed by atoms with E-state index in [4.69, 9.17) is 5.11 Å². The number of aliphatic hydroxyl groups is 1. The molecule has 1 aromatic carbocycles. The van der Waals surface area contributed by atoms with E-state index in [-0.39, 0.29) is 5.82 Å². The van der Waals surface area contributed by atoms with E-state index in [2.05, 4.69) is 4.90 Å². The molecule has 1 saturated heterocycles. The Morgan fingerprint density at radius 3 is 2.41 bits per heavy atom. The fourth-order valence-electron chi connectivity index (χ4n) is 2.46. The summed E-state index contributed by atoms with van der Waals surface area (Å²) in [6, 6.07) is 6.76. The molecular weight excluding hydrogens is 217 g/mol.